The second kappa shape index (κ2) is 6.74. The minimum absolute atomic E-state index is 0.526. The zero-order chi connectivity index (χ0) is 15.2. The van der Waals surface area contributed by atoms with Gasteiger partial charge in [-0.05, 0) is 12.1 Å². The molecule has 2 aromatic rings. The first kappa shape index (κ1) is 14.8. The van der Waals surface area contributed by atoms with Crippen LogP contribution in [-0.4, -0.2) is 28.4 Å². The van der Waals surface area contributed by atoms with E-state index in [0.29, 0.717) is 28.7 Å². The van der Waals surface area contributed by atoms with Crippen molar-refractivity contribution in [1.82, 2.24) is 0 Å². The van der Waals surface area contributed by atoms with Crippen LogP contribution in [0.2, 0.25) is 0 Å². The van der Waals surface area contributed by atoms with Crippen LogP contribution in [0.5, 0.6) is 34.5 Å². The van der Waals surface area contributed by atoms with Gasteiger partial charge in [0.2, 0.25) is 5.75 Å². The van der Waals surface area contributed by atoms with Crippen LogP contribution in [0.3, 0.4) is 0 Å². The zero-order valence-corrected chi connectivity index (χ0v) is 12.5. The highest BCUT2D eigenvalue weighted by Gasteiger charge is 2.14. The molecule has 0 amide bonds. The average Bonchev–Trinajstić information content (AvgIpc) is 2.53. The van der Waals surface area contributed by atoms with Crippen LogP contribution < -0.4 is 23.7 Å². The van der Waals surface area contributed by atoms with Gasteiger partial charge in [0.1, 0.15) is 17.2 Å². The molecule has 0 unspecified atom stereocenters. The van der Waals surface area contributed by atoms with Crippen LogP contribution in [0.1, 0.15) is 0 Å². The molecular formula is C16H18O5. The van der Waals surface area contributed by atoms with Crippen molar-refractivity contribution in [2.45, 2.75) is 0 Å². The van der Waals surface area contributed by atoms with E-state index < -0.39 is 0 Å². The molecule has 0 fully saturated rings. The molecule has 112 valence electrons. The second-order valence-corrected chi connectivity index (χ2v) is 4.14. The molecule has 0 heterocycles. The number of methoxy groups -OCH3 is 4. The standard InChI is InChI=1S/C16H18O5/c1-17-11-6-5-7-12(8-11)21-13-9-14(18-2)16(20-4)15(10-13)19-3/h5-10H,1-4H3. The molecule has 0 aliphatic heterocycles. The number of ether oxygens (including phenoxy) is 5. The fourth-order valence-electron chi connectivity index (χ4n) is 1.92. The Kier molecular flexibility index (Phi) is 4.77. The molecule has 0 aliphatic rings. The lowest BCUT2D eigenvalue weighted by Crippen LogP contribution is -1.96. The van der Waals surface area contributed by atoms with Crippen molar-refractivity contribution in [3.05, 3.63) is 36.4 Å². The Morgan fingerprint density at radius 3 is 1.76 bits per heavy atom. The lowest BCUT2D eigenvalue weighted by molar-refractivity contribution is 0.321. The van der Waals surface area contributed by atoms with E-state index in [4.69, 9.17) is 23.7 Å². The number of benzene rings is 2. The highest BCUT2D eigenvalue weighted by molar-refractivity contribution is 5.56. The van der Waals surface area contributed by atoms with Crippen molar-refractivity contribution in [3.63, 3.8) is 0 Å². The van der Waals surface area contributed by atoms with Crippen molar-refractivity contribution in [3.8, 4) is 34.5 Å². The summed E-state index contributed by atoms with van der Waals surface area (Å²) in [6, 6.07) is 10.8. The van der Waals surface area contributed by atoms with Gasteiger partial charge in [0.15, 0.2) is 11.5 Å². The lowest BCUT2D eigenvalue weighted by Gasteiger charge is -2.14. The molecule has 0 aromatic heterocycles. The molecule has 2 rings (SSSR count). The van der Waals surface area contributed by atoms with Gasteiger partial charge in [-0.2, -0.15) is 0 Å². The minimum atomic E-state index is 0.526. The van der Waals surface area contributed by atoms with Gasteiger partial charge in [-0.15, -0.1) is 0 Å². The summed E-state index contributed by atoms with van der Waals surface area (Å²) >= 11 is 0. The number of hydrogen-bond acceptors (Lipinski definition) is 5. The van der Waals surface area contributed by atoms with E-state index in [1.165, 1.54) is 0 Å². The number of hydrogen-bond donors (Lipinski definition) is 0. The largest absolute Gasteiger partial charge is 0.497 e. The van der Waals surface area contributed by atoms with Crippen molar-refractivity contribution in [2.24, 2.45) is 0 Å². The van der Waals surface area contributed by atoms with Gasteiger partial charge in [-0.1, -0.05) is 6.07 Å². The summed E-state index contributed by atoms with van der Waals surface area (Å²) in [6.07, 6.45) is 0. The molecule has 0 spiro atoms. The third-order valence-corrected chi connectivity index (χ3v) is 2.92. The van der Waals surface area contributed by atoms with Gasteiger partial charge in [0, 0.05) is 18.2 Å². The van der Waals surface area contributed by atoms with Crippen LogP contribution in [0.4, 0.5) is 0 Å². The maximum atomic E-state index is 5.81. The van der Waals surface area contributed by atoms with Gasteiger partial charge < -0.3 is 23.7 Å². The predicted molar refractivity (Wildman–Crippen MR) is 79.2 cm³/mol. The topological polar surface area (TPSA) is 46.2 Å². The molecule has 0 aliphatic carbocycles. The summed E-state index contributed by atoms with van der Waals surface area (Å²) in [7, 11) is 6.29. The van der Waals surface area contributed by atoms with Gasteiger partial charge in [-0.3, -0.25) is 0 Å². The molecule has 5 nitrogen and oxygen atoms in total. The van der Waals surface area contributed by atoms with Gasteiger partial charge >= 0.3 is 0 Å². The third kappa shape index (κ3) is 3.31. The fourth-order valence-corrected chi connectivity index (χ4v) is 1.92. The summed E-state index contributed by atoms with van der Waals surface area (Å²) in [5, 5.41) is 0. The first-order valence-electron chi connectivity index (χ1n) is 6.33. The summed E-state index contributed by atoms with van der Waals surface area (Å²) in [6.45, 7) is 0. The Hall–Kier alpha value is -2.56. The van der Waals surface area contributed by atoms with Crippen molar-refractivity contribution in [1.29, 1.82) is 0 Å². The molecule has 0 saturated carbocycles. The van der Waals surface area contributed by atoms with Crippen molar-refractivity contribution < 1.29 is 23.7 Å². The Bertz CT molecular complexity index is 584. The third-order valence-electron chi connectivity index (χ3n) is 2.92. The van der Waals surface area contributed by atoms with E-state index in [0.717, 1.165) is 5.75 Å². The zero-order valence-electron chi connectivity index (χ0n) is 12.5. The van der Waals surface area contributed by atoms with E-state index in [1.54, 1.807) is 46.6 Å². The molecule has 0 radical (unpaired) electrons. The van der Waals surface area contributed by atoms with E-state index in [9.17, 15) is 0 Å². The Labute approximate surface area is 124 Å². The van der Waals surface area contributed by atoms with E-state index in [1.807, 2.05) is 18.2 Å². The fraction of sp³-hybridized carbons (Fsp3) is 0.250. The van der Waals surface area contributed by atoms with Crippen LogP contribution >= 0.6 is 0 Å². The summed E-state index contributed by atoms with van der Waals surface area (Å²) < 4.78 is 26.8. The average molecular weight is 290 g/mol. The molecule has 0 bridgehead atoms. The summed E-state index contributed by atoms with van der Waals surface area (Å²) in [5.74, 6) is 3.56. The van der Waals surface area contributed by atoms with Gasteiger partial charge in [-0.25, -0.2) is 0 Å². The molecule has 0 saturated heterocycles. The SMILES string of the molecule is COc1cccc(Oc2cc(OC)c(OC)c(OC)c2)c1. The quantitative estimate of drug-likeness (QED) is 0.814. The minimum Gasteiger partial charge on any atom is -0.497 e. The maximum Gasteiger partial charge on any atom is 0.203 e. The van der Waals surface area contributed by atoms with Crippen LogP contribution in [-0.2, 0) is 0 Å². The smallest absolute Gasteiger partial charge is 0.203 e. The van der Waals surface area contributed by atoms with Gasteiger partial charge in [0.05, 0.1) is 28.4 Å². The highest BCUT2D eigenvalue weighted by Crippen LogP contribution is 2.42. The van der Waals surface area contributed by atoms with E-state index in [2.05, 4.69) is 0 Å². The Morgan fingerprint density at radius 2 is 1.24 bits per heavy atom. The first-order chi connectivity index (χ1) is 10.2. The summed E-state index contributed by atoms with van der Waals surface area (Å²) in [5.41, 5.74) is 0. The Morgan fingerprint density at radius 1 is 0.619 bits per heavy atom. The molecule has 2 aromatic carbocycles. The monoisotopic (exact) mass is 290 g/mol. The molecule has 0 N–H and O–H groups in total. The molecular weight excluding hydrogens is 272 g/mol. The van der Waals surface area contributed by atoms with Crippen LogP contribution in [0.15, 0.2) is 36.4 Å². The molecule has 21 heavy (non-hydrogen) atoms. The number of rotatable bonds is 6. The van der Waals surface area contributed by atoms with E-state index in [-0.39, 0.29) is 0 Å². The second-order valence-electron chi connectivity index (χ2n) is 4.14. The lowest BCUT2D eigenvalue weighted by atomic mass is 10.2. The van der Waals surface area contributed by atoms with Crippen LogP contribution in [0, 0.1) is 0 Å². The maximum absolute atomic E-state index is 5.81. The normalized spacial score (nSPS) is 9.90. The van der Waals surface area contributed by atoms with Crippen LogP contribution in [0.25, 0.3) is 0 Å². The van der Waals surface area contributed by atoms with Crippen molar-refractivity contribution >= 4 is 0 Å². The molecule has 5 heteroatoms. The Balaban J connectivity index is 2.35. The summed E-state index contributed by atoms with van der Waals surface area (Å²) in [4.78, 5) is 0. The highest BCUT2D eigenvalue weighted by atomic mass is 16.5. The predicted octanol–water partition coefficient (Wildman–Crippen LogP) is 3.51. The first-order valence-corrected chi connectivity index (χ1v) is 6.33. The van der Waals surface area contributed by atoms with Gasteiger partial charge in [0.25, 0.3) is 0 Å². The molecule has 0 atom stereocenters. The van der Waals surface area contributed by atoms with Crippen molar-refractivity contribution in [2.75, 3.05) is 28.4 Å². The van der Waals surface area contributed by atoms with E-state index >= 15 is 0 Å².